The number of rotatable bonds is 4. The summed E-state index contributed by atoms with van der Waals surface area (Å²) in [5.41, 5.74) is 1.78. The van der Waals surface area contributed by atoms with Crippen LogP contribution in [0.4, 0.5) is 5.69 Å². The van der Waals surface area contributed by atoms with Gasteiger partial charge in [-0.15, -0.1) is 0 Å². The third kappa shape index (κ3) is 3.37. The average molecular weight is 309 g/mol. The zero-order valence-corrected chi connectivity index (χ0v) is 12.5. The highest BCUT2D eigenvalue weighted by Crippen LogP contribution is 2.20. The smallest absolute Gasteiger partial charge is 0.262 e. The molecule has 0 atom stereocenters. The Morgan fingerprint density at radius 2 is 2.13 bits per heavy atom. The van der Waals surface area contributed by atoms with E-state index in [1.54, 1.807) is 19.2 Å². The summed E-state index contributed by atoms with van der Waals surface area (Å²) >= 11 is 0. The predicted molar refractivity (Wildman–Crippen MR) is 87.7 cm³/mol. The third-order valence-corrected chi connectivity index (χ3v) is 3.29. The minimum Gasteiger partial charge on any atom is -0.478 e. The van der Waals surface area contributed by atoms with E-state index in [0.717, 1.165) is 11.1 Å². The molecule has 6 nitrogen and oxygen atoms in total. The molecular weight excluding hydrogens is 294 g/mol. The minimum absolute atomic E-state index is 0.113. The van der Waals surface area contributed by atoms with Gasteiger partial charge in [0.25, 0.3) is 5.91 Å². The first-order valence-electron chi connectivity index (χ1n) is 7.09. The average Bonchev–Trinajstić information content (AvgIpc) is 2.54. The van der Waals surface area contributed by atoms with Gasteiger partial charge >= 0.3 is 0 Å². The summed E-state index contributed by atoms with van der Waals surface area (Å²) in [6.07, 6.45) is 3.12. The van der Waals surface area contributed by atoms with Crippen molar-refractivity contribution in [3.05, 3.63) is 64.7 Å². The highest BCUT2D eigenvalue weighted by molar-refractivity contribution is 6.00. The molecule has 0 saturated heterocycles. The van der Waals surface area contributed by atoms with Gasteiger partial charge in [-0.2, -0.15) is 0 Å². The van der Waals surface area contributed by atoms with E-state index in [4.69, 9.17) is 4.74 Å². The number of fused-ring (bicyclic) bond motifs is 1. The molecule has 2 aromatic heterocycles. The first-order chi connectivity index (χ1) is 11.1. The number of aromatic nitrogens is 2. The highest BCUT2D eigenvalue weighted by Gasteiger charge is 2.09. The lowest BCUT2D eigenvalue weighted by molar-refractivity contribution is -0.118. The number of para-hydroxylation sites is 1. The summed E-state index contributed by atoms with van der Waals surface area (Å²) in [5.74, 6) is -0.245. The number of hydrogen-bond donors (Lipinski definition) is 2. The molecule has 0 radical (unpaired) electrons. The fourth-order valence-corrected chi connectivity index (χ4v) is 2.21. The van der Waals surface area contributed by atoms with Crippen LogP contribution < -0.4 is 15.5 Å². The third-order valence-electron chi connectivity index (χ3n) is 3.29. The molecule has 3 rings (SSSR count). The number of ether oxygens (including phenoxy) is 1. The van der Waals surface area contributed by atoms with Crippen LogP contribution in [0.2, 0.25) is 0 Å². The fourth-order valence-electron chi connectivity index (χ4n) is 2.21. The maximum absolute atomic E-state index is 12.0. The zero-order chi connectivity index (χ0) is 16.2. The van der Waals surface area contributed by atoms with Crippen LogP contribution >= 0.6 is 0 Å². The molecule has 116 valence electrons. The molecule has 0 aliphatic carbocycles. The largest absolute Gasteiger partial charge is 0.478 e. The van der Waals surface area contributed by atoms with Gasteiger partial charge in [0, 0.05) is 29.5 Å². The Morgan fingerprint density at radius 1 is 1.30 bits per heavy atom. The summed E-state index contributed by atoms with van der Waals surface area (Å²) in [4.78, 5) is 30.9. The van der Waals surface area contributed by atoms with E-state index in [-0.39, 0.29) is 23.7 Å². The number of H-pyrrole nitrogens is 1. The van der Waals surface area contributed by atoms with E-state index in [2.05, 4.69) is 15.3 Å². The molecule has 1 aromatic carbocycles. The van der Waals surface area contributed by atoms with Crippen LogP contribution in [-0.4, -0.2) is 22.5 Å². The SMILES string of the molecule is Cc1cc(=O)c(OCC(=O)Nc2cccc3cccnc23)c[nH]1. The molecule has 0 spiro atoms. The quantitative estimate of drug-likeness (QED) is 0.774. The van der Waals surface area contributed by atoms with E-state index in [1.165, 1.54) is 12.3 Å². The lowest BCUT2D eigenvalue weighted by Gasteiger charge is -2.09. The molecule has 0 bridgehead atoms. The fraction of sp³-hybridized carbons (Fsp3) is 0.118. The summed E-state index contributed by atoms with van der Waals surface area (Å²) in [7, 11) is 0. The van der Waals surface area contributed by atoms with Crippen molar-refractivity contribution < 1.29 is 9.53 Å². The number of nitrogens with one attached hydrogen (secondary N) is 2. The van der Waals surface area contributed by atoms with Crippen molar-refractivity contribution in [1.29, 1.82) is 0 Å². The van der Waals surface area contributed by atoms with Crippen molar-refractivity contribution in [3.63, 3.8) is 0 Å². The van der Waals surface area contributed by atoms with Crippen LogP contribution in [0.3, 0.4) is 0 Å². The standard InChI is InChI=1S/C17H15N3O3/c1-11-8-14(21)15(9-19-11)23-10-16(22)20-13-6-2-4-12-5-3-7-18-17(12)13/h2-9H,10H2,1H3,(H,19,21)(H,20,22). The second kappa shape index (κ2) is 6.31. The monoisotopic (exact) mass is 309 g/mol. The lowest BCUT2D eigenvalue weighted by atomic mass is 10.2. The number of benzene rings is 1. The summed E-state index contributed by atoms with van der Waals surface area (Å²) in [5, 5.41) is 3.68. The van der Waals surface area contributed by atoms with Crippen LogP contribution in [0.1, 0.15) is 5.69 Å². The molecule has 2 heterocycles. The van der Waals surface area contributed by atoms with Crippen LogP contribution in [0.5, 0.6) is 5.75 Å². The van der Waals surface area contributed by atoms with Gasteiger partial charge in [0.1, 0.15) is 0 Å². The number of pyridine rings is 2. The second-order valence-corrected chi connectivity index (χ2v) is 5.06. The van der Waals surface area contributed by atoms with Gasteiger partial charge < -0.3 is 15.0 Å². The number of carbonyl (C=O) groups is 1. The van der Waals surface area contributed by atoms with E-state index >= 15 is 0 Å². The number of amides is 1. The molecule has 0 aliphatic heterocycles. The predicted octanol–water partition coefficient (Wildman–Crippen LogP) is 2.25. The number of hydrogen-bond acceptors (Lipinski definition) is 4. The number of aromatic amines is 1. The zero-order valence-electron chi connectivity index (χ0n) is 12.5. The molecule has 23 heavy (non-hydrogen) atoms. The van der Waals surface area contributed by atoms with Crippen LogP contribution in [0.25, 0.3) is 10.9 Å². The second-order valence-electron chi connectivity index (χ2n) is 5.06. The Hall–Kier alpha value is -3.15. The van der Waals surface area contributed by atoms with Gasteiger partial charge in [-0.1, -0.05) is 18.2 Å². The molecule has 6 heteroatoms. The Bertz CT molecular complexity index is 913. The van der Waals surface area contributed by atoms with E-state index < -0.39 is 0 Å². The first kappa shape index (κ1) is 14.8. The molecule has 0 unspecified atom stereocenters. The maximum Gasteiger partial charge on any atom is 0.262 e. The maximum atomic E-state index is 12.0. The highest BCUT2D eigenvalue weighted by atomic mass is 16.5. The van der Waals surface area contributed by atoms with Crippen LogP contribution in [0, 0.1) is 6.92 Å². The Kier molecular flexibility index (Phi) is 4.05. The van der Waals surface area contributed by atoms with Crippen molar-refractivity contribution in [2.24, 2.45) is 0 Å². The number of anilines is 1. The van der Waals surface area contributed by atoms with E-state index in [0.29, 0.717) is 11.2 Å². The molecule has 0 aliphatic rings. The molecular formula is C17H15N3O3. The van der Waals surface area contributed by atoms with Crippen molar-refractivity contribution in [2.75, 3.05) is 11.9 Å². The number of nitrogens with zero attached hydrogens (tertiary/aromatic N) is 1. The molecule has 3 aromatic rings. The first-order valence-corrected chi connectivity index (χ1v) is 7.09. The van der Waals surface area contributed by atoms with Crippen molar-refractivity contribution in [3.8, 4) is 5.75 Å². The Labute approximate surface area is 132 Å². The van der Waals surface area contributed by atoms with Crippen LogP contribution in [-0.2, 0) is 4.79 Å². The van der Waals surface area contributed by atoms with E-state index in [9.17, 15) is 9.59 Å². The van der Waals surface area contributed by atoms with Crippen molar-refractivity contribution >= 4 is 22.5 Å². The van der Waals surface area contributed by atoms with Gasteiger partial charge in [0.2, 0.25) is 5.43 Å². The normalized spacial score (nSPS) is 10.5. The van der Waals surface area contributed by atoms with E-state index in [1.807, 2.05) is 24.3 Å². The molecule has 0 fully saturated rings. The van der Waals surface area contributed by atoms with Gasteiger partial charge in [0.05, 0.1) is 11.2 Å². The summed E-state index contributed by atoms with van der Waals surface area (Å²) in [6.45, 7) is 1.51. The van der Waals surface area contributed by atoms with Crippen molar-refractivity contribution in [2.45, 2.75) is 6.92 Å². The number of carbonyl (C=O) groups excluding carboxylic acids is 1. The summed E-state index contributed by atoms with van der Waals surface area (Å²) < 4.78 is 5.26. The van der Waals surface area contributed by atoms with Gasteiger partial charge in [-0.05, 0) is 19.1 Å². The molecule has 0 saturated carbocycles. The van der Waals surface area contributed by atoms with Gasteiger partial charge in [-0.25, -0.2) is 0 Å². The summed E-state index contributed by atoms with van der Waals surface area (Å²) in [6, 6.07) is 10.7. The molecule has 1 amide bonds. The minimum atomic E-state index is -0.358. The van der Waals surface area contributed by atoms with Gasteiger partial charge in [0.15, 0.2) is 12.4 Å². The van der Waals surface area contributed by atoms with Gasteiger partial charge in [-0.3, -0.25) is 14.6 Å². The topological polar surface area (TPSA) is 84.1 Å². The lowest BCUT2D eigenvalue weighted by Crippen LogP contribution is -2.22. The Balaban J connectivity index is 1.70. The molecule has 2 N–H and O–H groups in total. The Morgan fingerprint density at radius 3 is 2.96 bits per heavy atom. The van der Waals surface area contributed by atoms with Crippen LogP contribution in [0.15, 0.2) is 53.6 Å². The van der Waals surface area contributed by atoms with Crippen molar-refractivity contribution in [1.82, 2.24) is 9.97 Å². The number of aryl methyl sites for hydroxylation is 1.